The Morgan fingerprint density at radius 2 is 2.07 bits per heavy atom. The second-order valence-corrected chi connectivity index (χ2v) is 3.98. The minimum atomic E-state index is -0.583. The predicted molar refractivity (Wildman–Crippen MR) is 52.2 cm³/mol. The van der Waals surface area contributed by atoms with Gasteiger partial charge in [-0.3, -0.25) is 0 Å². The first-order valence-corrected chi connectivity index (χ1v) is 4.83. The number of hydrogen-bond acceptors (Lipinski definition) is 2. The molecule has 0 spiro atoms. The van der Waals surface area contributed by atoms with Crippen LogP contribution in [0.4, 0.5) is 8.78 Å². The minimum Gasteiger partial charge on any atom is -0.380 e. The van der Waals surface area contributed by atoms with Crippen molar-refractivity contribution < 1.29 is 13.5 Å². The first-order valence-electron chi connectivity index (χ1n) is 4.83. The molecule has 2 nitrogen and oxygen atoms in total. The van der Waals surface area contributed by atoms with Gasteiger partial charge in [0.15, 0.2) is 0 Å². The van der Waals surface area contributed by atoms with Gasteiger partial charge in [0.25, 0.3) is 0 Å². The van der Waals surface area contributed by atoms with Crippen molar-refractivity contribution in [3.8, 4) is 0 Å². The summed E-state index contributed by atoms with van der Waals surface area (Å²) >= 11 is 0. The predicted octanol–water partition coefficient (Wildman–Crippen LogP) is 2.06. The maximum atomic E-state index is 13.9. The number of rotatable bonds is 3. The Hall–Kier alpha value is -1.00. The summed E-state index contributed by atoms with van der Waals surface area (Å²) in [7, 11) is 1.40. The fraction of sp³-hybridized carbons (Fsp3) is 0.455. The van der Waals surface area contributed by atoms with Crippen LogP contribution in [0, 0.1) is 11.6 Å². The van der Waals surface area contributed by atoms with E-state index in [1.54, 1.807) is 0 Å². The second kappa shape index (κ2) is 3.54. The Bertz CT molecular complexity index is 388. The van der Waals surface area contributed by atoms with Gasteiger partial charge >= 0.3 is 0 Å². The molecule has 1 fully saturated rings. The van der Waals surface area contributed by atoms with E-state index in [0.717, 1.165) is 12.8 Å². The maximum Gasteiger partial charge on any atom is 0.136 e. The van der Waals surface area contributed by atoms with Gasteiger partial charge in [-0.25, -0.2) is 8.78 Å². The third-order valence-corrected chi connectivity index (χ3v) is 2.80. The molecule has 1 saturated carbocycles. The van der Waals surface area contributed by atoms with Gasteiger partial charge in [-0.15, -0.1) is 0 Å². The largest absolute Gasteiger partial charge is 0.380 e. The molecular weight excluding hydrogens is 200 g/mol. The summed E-state index contributed by atoms with van der Waals surface area (Å²) in [6, 6.07) is 2.68. The van der Waals surface area contributed by atoms with E-state index in [2.05, 4.69) is 0 Å². The number of hydrogen-bond donors (Lipinski definition) is 1. The summed E-state index contributed by atoms with van der Waals surface area (Å²) in [5, 5.41) is 0. The highest BCUT2D eigenvalue weighted by atomic mass is 19.1. The fourth-order valence-electron chi connectivity index (χ4n) is 1.66. The van der Waals surface area contributed by atoms with Gasteiger partial charge in [0.05, 0.1) is 6.61 Å². The van der Waals surface area contributed by atoms with Gasteiger partial charge in [-0.1, -0.05) is 6.07 Å². The molecule has 0 heterocycles. The van der Waals surface area contributed by atoms with Crippen molar-refractivity contribution in [1.29, 1.82) is 0 Å². The van der Waals surface area contributed by atoms with Gasteiger partial charge < -0.3 is 10.5 Å². The van der Waals surface area contributed by atoms with Gasteiger partial charge in [-0.2, -0.15) is 0 Å². The molecule has 0 aliphatic heterocycles. The van der Waals surface area contributed by atoms with Crippen molar-refractivity contribution in [2.24, 2.45) is 5.73 Å². The summed E-state index contributed by atoms with van der Waals surface area (Å²) in [6.07, 6.45) is 1.50. The smallest absolute Gasteiger partial charge is 0.136 e. The average Bonchev–Trinajstić information content (AvgIpc) is 2.91. The summed E-state index contributed by atoms with van der Waals surface area (Å²) in [5.41, 5.74) is 5.66. The van der Waals surface area contributed by atoms with Crippen LogP contribution in [0.25, 0.3) is 0 Å². The quantitative estimate of drug-likeness (QED) is 0.834. The van der Waals surface area contributed by atoms with Crippen LogP contribution in [0.5, 0.6) is 0 Å². The van der Waals surface area contributed by atoms with Crippen LogP contribution in [0.2, 0.25) is 0 Å². The molecule has 0 atom stereocenters. The molecule has 1 aliphatic rings. The highest BCUT2D eigenvalue weighted by Gasteiger charge is 2.42. The van der Waals surface area contributed by atoms with Gasteiger partial charge in [0.2, 0.25) is 0 Å². The lowest BCUT2D eigenvalue weighted by molar-refractivity contribution is 0.177. The molecule has 0 unspecified atom stereocenters. The standard InChI is InChI=1S/C11H13F2NO/c1-15-6-7-9(12)3-2-8(10(7)13)11(14)4-5-11/h2-3H,4-6,14H2,1H3. The Morgan fingerprint density at radius 3 is 2.60 bits per heavy atom. The van der Waals surface area contributed by atoms with Crippen LogP contribution in [0.3, 0.4) is 0 Å². The number of ether oxygens (including phenoxy) is 1. The number of nitrogens with two attached hydrogens (primary N) is 1. The maximum absolute atomic E-state index is 13.9. The zero-order valence-electron chi connectivity index (χ0n) is 8.52. The third-order valence-electron chi connectivity index (χ3n) is 2.80. The molecule has 1 aliphatic carbocycles. The van der Waals surface area contributed by atoms with Gasteiger partial charge in [0.1, 0.15) is 11.6 Å². The normalized spacial score (nSPS) is 17.9. The van der Waals surface area contributed by atoms with E-state index in [0.29, 0.717) is 5.56 Å². The zero-order valence-corrected chi connectivity index (χ0v) is 8.52. The topological polar surface area (TPSA) is 35.2 Å². The number of methoxy groups -OCH3 is 1. The molecule has 1 aromatic carbocycles. The molecule has 0 amide bonds. The van der Waals surface area contributed by atoms with Crippen molar-refractivity contribution in [3.63, 3.8) is 0 Å². The Balaban J connectivity index is 2.45. The zero-order chi connectivity index (χ0) is 11.1. The lowest BCUT2D eigenvalue weighted by Gasteiger charge is -2.13. The van der Waals surface area contributed by atoms with Crippen molar-refractivity contribution in [2.75, 3.05) is 7.11 Å². The summed E-state index contributed by atoms with van der Waals surface area (Å²) in [5.74, 6) is -1.14. The summed E-state index contributed by atoms with van der Waals surface area (Å²) in [4.78, 5) is 0. The number of halogens is 2. The van der Waals surface area contributed by atoms with Crippen LogP contribution >= 0.6 is 0 Å². The molecule has 0 bridgehead atoms. The van der Waals surface area contributed by atoms with E-state index in [1.165, 1.54) is 19.2 Å². The molecule has 0 aromatic heterocycles. The monoisotopic (exact) mass is 213 g/mol. The molecule has 0 radical (unpaired) electrons. The van der Waals surface area contributed by atoms with E-state index < -0.39 is 17.2 Å². The van der Waals surface area contributed by atoms with E-state index in [-0.39, 0.29) is 12.2 Å². The lowest BCUT2D eigenvalue weighted by atomic mass is 10.0. The first kappa shape index (κ1) is 10.5. The number of benzene rings is 1. The first-order chi connectivity index (χ1) is 7.08. The highest BCUT2D eigenvalue weighted by molar-refractivity contribution is 5.35. The average molecular weight is 213 g/mol. The molecule has 1 aromatic rings. The molecule has 4 heteroatoms. The van der Waals surface area contributed by atoms with Crippen LogP contribution < -0.4 is 5.73 Å². The van der Waals surface area contributed by atoms with Crippen LogP contribution in [0.1, 0.15) is 24.0 Å². The van der Waals surface area contributed by atoms with Crippen molar-refractivity contribution in [2.45, 2.75) is 25.0 Å². The van der Waals surface area contributed by atoms with Crippen molar-refractivity contribution in [1.82, 2.24) is 0 Å². The minimum absolute atomic E-state index is 0.0354. The van der Waals surface area contributed by atoms with Crippen molar-refractivity contribution >= 4 is 0 Å². The Labute approximate surface area is 87.0 Å². The molecule has 15 heavy (non-hydrogen) atoms. The fourth-order valence-corrected chi connectivity index (χ4v) is 1.66. The van der Waals surface area contributed by atoms with Crippen LogP contribution in [-0.2, 0) is 16.9 Å². The molecule has 2 rings (SSSR count). The lowest BCUT2D eigenvalue weighted by Crippen LogP contribution is -2.21. The molecule has 2 N–H and O–H groups in total. The molecule has 82 valence electrons. The van der Waals surface area contributed by atoms with E-state index in [4.69, 9.17) is 10.5 Å². The SMILES string of the molecule is COCc1c(F)ccc(C2(N)CC2)c1F. The van der Waals surface area contributed by atoms with E-state index >= 15 is 0 Å². The van der Waals surface area contributed by atoms with Crippen LogP contribution in [-0.4, -0.2) is 7.11 Å². The van der Waals surface area contributed by atoms with Crippen LogP contribution in [0.15, 0.2) is 12.1 Å². The van der Waals surface area contributed by atoms with Gasteiger partial charge in [-0.05, 0) is 18.9 Å². The summed E-state index contributed by atoms with van der Waals surface area (Å²) < 4.78 is 31.9. The highest BCUT2D eigenvalue weighted by Crippen LogP contribution is 2.44. The summed E-state index contributed by atoms with van der Waals surface area (Å²) in [6.45, 7) is -0.0679. The Morgan fingerprint density at radius 1 is 1.40 bits per heavy atom. The van der Waals surface area contributed by atoms with E-state index in [9.17, 15) is 8.78 Å². The molecule has 0 saturated heterocycles. The van der Waals surface area contributed by atoms with Crippen molar-refractivity contribution in [3.05, 3.63) is 34.9 Å². The second-order valence-electron chi connectivity index (χ2n) is 3.98. The van der Waals surface area contributed by atoms with E-state index in [1.807, 2.05) is 0 Å². The third kappa shape index (κ3) is 1.75. The molecular formula is C11H13F2NO. The Kier molecular flexibility index (Phi) is 2.48. The van der Waals surface area contributed by atoms with Gasteiger partial charge in [0, 0.05) is 23.8 Å².